The van der Waals surface area contributed by atoms with Crippen molar-refractivity contribution in [2.75, 3.05) is 11.5 Å². The third kappa shape index (κ3) is 3.75. The number of hydrogen-bond donors (Lipinski definition) is 1. The summed E-state index contributed by atoms with van der Waals surface area (Å²) in [5.41, 5.74) is 2.25. The van der Waals surface area contributed by atoms with Gasteiger partial charge in [0.1, 0.15) is 17.3 Å². The molecular weight excluding hydrogens is 409 g/mol. The summed E-state index contributed by atoms with van der Waals surface area (Å²) < 4.78 is 19.0. The fraction of sp³-hybridized carbons (Fsp3) is 0.154. The molecule has 6 heteroatoms. The molecule has 1 unspecified atom stereocenters. The standard InChI is InChI=1S/C26H22FNO4/c1-3-32-20-9-6-8-19(15-20)28-23(21-10-5-4-7-16(21)2)22(25(30)26(28)31)24(29)17-11-13-18(27)14-12-17/h4-15,23,29H,3H2,1-2H3/b24-22+. The highest BCUT2D eigenvalue weighted by atomic mass is 19.1. The lowest BCUT2D eigenvalue weighted by atomic mass is 9.92. The van der Waals surface area contributed by atoms with Crippen LogP contribution in [0.25, 0.3) is 5.76 Å². The van der Waals surface area contributed by atoms with Crippen LogP contribution in [0, 0.1) is 12.7 Å². The molecule has 32 heavy (non-hydrogen) atoms. The smallest absolute Gasteiger partial charge is 0.300 e. The zero-order valence-electron chi connectivity index (χ0n) is 17.7. The number of anilines is 1. The average Bonchev–Trinajstić information content (AvgIpc) is 3.05. The van der Waals surface area contributed by atoms with E-state index in [-0.39, 0.29) is 16.9 Å². The van der Waals surface area contributed by atoms with Gasteiger partial charge in [0.25, 0.3) is 11.7 Å². The van der Waals surface area contributed by atoms with Gasteiger partial charge in [-0.05, 0) is 61.4 Å². The zero-order valence-corrected chi connectivity index (χ0v) is 17.7. The maximum absolute atomic E-state index is 13.4. The van der Waals surface area contributed by atoms with Crippen LogP contribution in [0.3, 0.4) is 0 Å². The number of aliphatic hydroxyl groups is 1. The lowest BCUT2D eigenvalue weighted by molar-refractivity contribution is -0.132. The number of nitrogens with zero attached hydrogens (tertiary/aromatic N) is 1. The van der Waals surface area contributed by atoms with E-state index in [0.717, 1.165) is 5.56 Å². The van der Waals surface area contributed by atoms with E-state index >= 15 is 0 Å². The second-order valence-electron chi connectivity index (χ2n) is 7.46. The first kappa shape index (κ1) is 21.3. The van der Waals surface area contributed by atoms with Crippen molar-refractivity contribution in [1.29, 1.82) is 0 Å². The Hall–Kier alpha value is -3.93. The number of aliphatic hydroxyl groups excluding tert-OH is 1. The second-order valence-corrected chi connectivity index (χ2v) is 7.46. The van der Waals surface area contributed by atoms with E-state index in [4.69, 9.17) is 4.74 Å². The predicted molar refractivity (Wildman–Crippen MR) is 120 cm³/mol. The molecule has 0 aliphatic carbocycles. The fourth-order valence-electron chi connectivity index (χ4n) is 3.94. The van der Waals surface area contributed by atoms with E-state index in [2.05, 4.69) is 0 Å². The van der Waals surface area contributed by atoms with Crippen LogP contribution in [0.2, 0.25) is 0 Å². The Morgan fingerprint density at radius 1 is 1.03 bits per heavy atom. The molecule has 1 aliphatic rings. The van der Waals surface area contributed by atoms with Crippen LogP contribution in [0.4, 0.5) is 10.1 Å². The molecule has 3 aromatic carbocycles. The molecule has 1 fully saturated rings. The monoisotopic (exact) mass is 431 g/mol. The van der Waals surface area contributed by atoms with Crippen LogP contribution in [0.1, 0.15) is 29.7 Å². The molecule has 1 heterocycles. The van der Waals surface area contributed by atoms with Gasteiger partial charge in [-0.25, -0.2) is 4.39 Å². The van der Waals surface area contributed by atoms with E-state index in [1.807, 2.05) is 38.1 Å². The number of amides is 1. The number of benzene rings is 3. The molecule has 0 aromatic heterocycles. The Kier molecular flexibility index (Phi) is 5.77. The van der Waals surface area contributed by atoms with Crippen molar-refractivity contribution in [1.82, 2.24) is 0 Å². The molecule has 5 nitrogen and oxygen atoms in total. The lowest BCUT2D eigenvalue weighted by Gasteiger charge is -2.27. The van der Waals surface area contributed by atoms with Crippen molar-refractivity contribution >= 4 is 23.1 Å². The molecule has 3 aromatic rings. The number of aryl methyl sites for hydroxylation is 1. The molecule has 0 spiro atoms. The van der Waals surface area contributed by atoms with Crippen LogP contribution < -0.4 is 9.64 Å². The van der Waals surface area contributed by atoms with Gasteiger partial charge >= 0.3 is 0 Å². The highest BCUT2D eigenvalue weighted by Gasteiger charge is 2.47. The topological polar surface area (TPSA) is 66.8 Å². The van der Waals surface area contributed by atoms with Crippen LogP contribution in [0.15, 0.2) is 78.4 Å². The van der Waals surface area contributed by atoms with E-state index < -0.39 is 23.5 Å². The number of carbonyl (C=O) groups excluding carboxylic acids is 2. The van der Waals surface area contributed by atoms with Gasteiger partial charge in [-0.15, -0.1) is 0 Å². The number of hydrogen-bond acceptors (Lipinski definition) is 4. The summed E-state index contributed by atoms with van der Waals surface area (Å²) in [5, 5.41) is 11.1. The highest BCUT2D eigenvalue weighted by molar-refractivity contribution is 6.51. The fourth-order valence-corrected chi connectivity index (χ4v) is 3.94. The van der Waals surface area contributed by atoms with Gasteiger partial charge in [0, 0.05) is 17.3 Å². The molecule has 0 saturated carbocycles. The van der Waals surface area contributed by atoms with Crippen molar-refractivity contribution in [2.45, 2.75) is 19.9 Å². The summed E-state index contributed by atoms with van der Waals surface area (Å²) in [6.07, 6.45) is 0. The molecule has 1 N–H and O–H groups in total. The predicted octanol–water partition coefficient (Wildman–Crippen LogP) is 5.16. The minimum absolute atomic E-state index is 0.0438. The van der Waals surface area contributed by atoms with Gasteiger partial charge < -0.3 is 9.84 Å². The van der Waals surface area contributed by atoms with Gasteiger partial charge in [-0.1, -0.05) is 30.3 Å². The number of halogens is 1. The average molecular weight is 431 g/mol. The van der Waals surface area contributed by atoms with Crippen molar-refractivity contribution in [2.24, 2.45) is 0 Å². The van der Waals surface area contributed by atoms with Gasteiger partial charge in [0.15, 0.2) is 0 Å². The number of carbonyl (C=O) groups is 2. The number of rotatable bonds is 5. The summed E-state index contributed by atoms with van der Waals surface area (Å²) in [6, 6.07) is 18.6. The van der Waals surface area contributed by atoms with Crippen LogP contribution in [0.5, 0.6) is 5.75 Å². The normalized spacial score (nSPS) is 17.6. The molecule has 1 saturated heterocycles. The first-order valence-corrected chi connectivity index (χ1v) is 10.3. The summed E-state index contributed by atoms with van der Waals surface area (Å²) >= 11 is 0. The van der Waals surface area contributed by atoms with Gasteiger partial charge in [-0.2, -0.15) is 0 Å². The summed E-state index contributed by atoms with van der Waals surface area (Å²) in [4.78, 5) is 27.7. The zero-order chi connectivity index (χ0) is 22.8. The first-order valence-electron chi connectivity index (χ1n) is 10.3. The Bertz CT molecular complexity index is 1220. The third-order valence-electron chi connectivity index (χ3n) is 5.45. The first-order chi connectivity index (χ1) is 15.4. The molecule has 4 rings (SSSR count). The van der Waals surface area contributed by atoms with E-state index in [1.54, 1.807) is 24.3 Å². The summed E-state index contributed by atoms with van der Waals surface area (Å²) in [6.45, 7) is 4.19. The Balaban J connectivity index is 1.94. The Labute approximate surface area is 185 Å². The Morgan fingerprint density at radius 3 is 2.44 bits per heavy atom. The van der Waals surface area contributed by atoms with Crippen LogP contribution in [-0.2, 0) is 9.59 Å². The SMILES string of the molecule is CCOc1cccc(N2C(=O)C(=O)/C(=C(/O)c3ccc(F)cc3)C2c2ccccc2C)c1. The minimum Gasteiger partial charge on any atom is -0.507 e. The summed E-state index contributed by atoms with van der Waals surface area (Å²) in [5.74, 6) is -1.81. The third-order valence-corrected chi connectivity index (χ3v) is 5.45. The van der Waals surface area contributed by atoms with E-state index in [1.165, 1.54) is 29.2 Å². The lowest BCUT2D eigenvalue weighted by Crippen LogP contribution is -2.29. The van der Waals surface area contributed by atoms with Gasteiger partial charge in [0.05, 0.1) is 18.2 Å². The molecule has 0 bridgehead atoms. The Morgan fingerprint density at radius 2 is 1.75 bits per heavy atom. The van der Waals surface area contributed by atoms with Crippen molar-refractivity contribution in [3.8, 4) is 5.75 Å². The maximum Gasteiger partial charge on any atom is 0.300 e. The van der Waals surface area contributed by atoms with Crippen molar-refractivity contribution < 1.29 is 23.8 Å². The number of ether oxygens (including phenoxy) is 1. The minimum atomic E-state index is -0.849. The van der Waals surface area contributed by atoms with Crippen LogP contribution in [-0.4, -0.2) is 23.4 Å². The molecular formula is C26H22FNO4. The number of Topliss-reactive ketones (excluding diaryl/α,β-unsaturated/α-hetero) is 1. The molecule has 162 valence electrons. The summed E-state index contributed by atoms with van der Waals surface area (Å²) in [7, 11) is 0. The molecule has 1 aliphatic heterocycles. The maximum atomic E-state index is 13.4. The molecule has 1 amide bonds. The largest absolute Gasteiger partial charge is 0.507 e. The van der Waals surface area contributed by atoms with Gasteiger partial charge in [0.2, 0.25) is 0 Å². The second kappa shape index (κ2) is 8.67. The number of ketones is 1. The van der Waals surface area contributed by atoms with Crippen LogP contribution >= 0.6 is 0 Å². The van der Waals surface area contributed by atoms with Crippen molar-refractivity contribution in [3.05, 3.63) is 101 Å². The quantitative estimate of drug-likeness (QED) is 0.344. The molecule has 1 atom stereocenters. The van der Waals surface area contributed by atoms with Gasteiger partial charge in [-0.3, -0.25) is 14.5 Å². The molecule has 0 radical (unpaired) electrons. The highest BCUT2D eigenvalue weighted by Crippen LogP contribution is 2.43. The van der Waals surface area contributed by atoms with E-state index in [9.17, 15) is 19.1 Å². The van der Waals surface area contributed by atoms with E-state index in [0.29, 0.717) is 23.6 Å². The van der Waals surface area contributed by atoms with Crippen molar-refractivity contribution in [3.63, 3.8) is 0 Å².